The fourth-order valence-electron chi connectivity index (χ4n) is 1.71. The maximum atomic E-state index is 9.27. The van der Waals surface area contributed by atoms with Crippen molar-refractivity contribution in [3.63, 3.8) is 0 Å². The van der Waals surface area contributed by atoms with Crippen molar-refractivity contribution in [2.75, 3.05) is 0 Å². The lowest BCUT2D eigenvalue weighted by atomic mass is 9.73. The van der Waals surface area contributed by atoms with Gasteiger partial charge in [0.2, 0.25) is 0 Å². The minimum absolute atomic E-state index is 0.459. The van der Waals surface area contributed by atoms with Crippen molar-refractivity contribution in [1.82, 2.24) is 0 Å². The standard InChI is InChI=1S/C12H10B2O2/c13-11-7-3-1-5-9(11)10-6-2-4-8-12(10)14(15)16/h1-8,15-16H. The van der Waals surface area contributed by atoms with Crippen molar-refractivity contribution in [2.45, 2.75) is 0 Å². The molecule has 2 N–H and O–H groups in total. The molecule has 0 heterocycles. The molecule has 2 aromatic carbocycles. The average molecular weight is 208 g/mol. The molecule has 16 heavy (non-hydrogen) atoms. The Bertz CT molecular complexity index is 498. The van der Waals surface area contributed by atoms with E-state index in [2.05, 4.69) is 0 Å². The molecule has 0 unspecified atom stereocenters. The summed E-state index contributed by atoms with van der Waals surface area (Å²) in [5, 5.41) is 18.5. The number of rotatable bonds is 2. The molecule has 4 heteroatoms. The quantitative estimate of drug-likeness (QED) is 0.672. The molecule has 0 saturated heterocycles. The van der Waals surface area contributed by atoms with E-state index in [4.69, 9.17) is 7.85 Å². The number of hydrogen-bond donors (Lipinski definition) is 2. The van der Waals surface area contributed by atoms with E-state index in [0.29, 0.717) is 10.9 Å². The normalized spacial score (nSPS) is 10.1. The summed E-state index contributed by atoms with van der Waals surface area (Å²) in [6.07, 6.45) is 0. The number of benzene rings is 2. The van der Waals surface area contributed by atoms with E-state index < -0.39 is 7.12 Å². The minimum atomic E-state index is -1.49. The molecule has 0 aliphatic heterocycles. The van der Waals surface area contributed by atoms with Gasteiger partial charge in [0, 0.05) is 0 Å². The second-order valence-corrected chi connectivity index (χ2v) is 3.55. The Balaban J connectivity index is 2.60. The third-order valence-electron chi connectivity index (χ3n) is 2.49. The Labute approximate surface area is 96.1 Å². The Hall–Kier alpha value is -1.51. The fraction of sp³-hybridized carbons (Fsp3) is 0. The maximum Gasteiger partial charge on any atom is 0.489 e. The van der Waals surface area contributed by atoms with Gasteiger partial charge in [-0.3, -0.25) is 0 Å². The Morgan fingerprint density at radius 3 is 2.00 bits per heavy atom. The van der Waals surface area contributed by atoms with Crippen molar-refractivity contribution >= 4 is 25.9 Å². The van der Waals surface area contributed by atoms with Gasteiger partial charge < -0.3 is 10.0 Å². The highest BCUT2D eigenvalue weighted by molar-refractivity contribution is 6.60. The molecule has 2 radical (unpaired) electrons. The van der Waals surface area contributed by atoms with Gasteiger partial charge >= 0.3 is 7.12 Å². The van der Waals surface area contributed by atoms with E-state index in [1.807, 2.05) is 30.3 Å². The van der Waals surface area contributed by atoms with Crippen molar-refractivity contribution in [2.24, 2.45) is 0 Å². The van der Waals surface area contributed by atoms with Crippen LogP contribution >= 0.6 is 0 Å². The molecule has 0 bridgehead atoms. The monoisotopic (exact) mass is 208 g/mol. The van der Waals surface area contributed by atoms with Crippen LogP contribution in [0.25, 0.3) is 11.1 Å². The molecule has 0 aromatic heterocycles. The van der Waals surface area contributed by atoms with E-state index >= 15 is 0 Å². The van der Waals surface area contributed by atoms with Gasteiger partial charge in [-0.2, -0.15) is 0 Å². The van der Waals surface area contributed by atoms with Crippen LogP contribution in [0.4, 0.5) is 0 Å². The van der Waals surface area contributed by atoms with Crippen molar-refractivity contribution in [3.8, 4) is 11.1 Å². The van der Waals surface area contributed by atoms with Crippen molar-refractivity contribution in [3.05, 3.63) is 48.5 Å². The highest BCUT2D eigenvalue weighted by Gasteiger charge is 2.16. The predicted octanol–water partition coefficient (Wildman–Crippen LogP) is -0.173. The summed E-state index contributed by atoms with van der Waals surface area (Å²) in [5.74, 6) is 0. The molecular formula is C12H10B2O2. The zero-order valence-electron chi connectivity index (χ0n) is 8.67. The first-order chi connectivity index (χ1) is 7.70. The van der Waals surface area contributed by atoms with Crippen LogP contribution in [-0.4, -0.2) is 25.0 Å². The Morgan fingerprint density at radius 2 is 1.38 bits per heavy atom. The predicted molar refractivity (Wildman–Crippen MR) is 67.1 cm³/mol. The Morgan fingerprint density at radius 1 is 0.812 bits per heavy atom. The van der Waals surface area contributed by atoms with Crippen LogP contribution in [-0.2, 0) is 0 Å². The van der Waals surface area contributed by atoms with E-state index in [9.17, 15) is 10.0 Å². The zero-order valence-corrected chi connectivity index (χ0v) is 8.67. The van der Waals surface area contributed by atoms with Crippen LogP contribution in [0.2, 0.25) is 0 Å². The van der Waals surface area contributed by atoms with Crippen LogP contribution in [0, 0.1) is 0 Å². The first-order valence-corrected chi connectivity index (χ1v) is 5.00. The SMILES string of the molecule is [B]c1ccccc1-c1ccccc1B(O)O. The summed E-state index contributed by atoms with van der Waals surface area (Å²) >= 11 is 0. The lowest BCUT2D eigenvalue weighted by Gasteiger charge is -2.11. The van der Waals surface area contributed by atoms with Crippen LogP contribution in [0.15, 0.2) is 48.5 Å². The van der Waals surface area contributed by atoms with Crippen LogP contribution in [0.5, 0.6) is 0 Å². The lowest BCUT2D eigenvalue weighted by molar-refractivity contribution is 0.426. The van der Waals surface area contributed by atoms with E-state index in [1.54, 1.807) is 18.2 Å². The van der Waals surface area contributed by atoms with E-state index in [1.165, 1.54) is 0 Å². The van der Waals surface area contributed by atoms with Crippen molar-refractivity contribution in [1.29, 1.82) is 0 Å². The molecule has 0 aliphatic carbocycles. The second-order valence-electron chi connectivity index (χ2n) is 3.55. The first kappa shape index (κ1) is 11.0. The van der Waals surface area contributed by atoms with Gasteiger partial charge in [-0.05, 0) is 16.6 Å². The van der Waals surface area contributed by atoms with Gasteiger partial charge in [-0.25, -0.2) is 0 Å². The lowest BCUT2D eigenvalue weighted by Crippen LogP contribution is -2.32. The summed E-state index contributed by atoms with van der Waals surface area (Å²) in [7, 11) is 4.37. The summed E-state index contributed by atoms with van der Waals surface area (Å²) in [4.78, 5) is 0. The van der Waals surface area contributed by atoms with Crippen molar-refractivity contribution < 1.29 is 10.0 Å². The molecule has 76 valence electrons. The van der Waals surface area contributed by atoms with Gasteiger partial charge in [0.1, 0.15) is 7.85 Å². The van der Waals surface area contributed by atoms with Crippen LogP contribution in [0.3, 0.4) is 0 Å². The summed E-state index contributed by atoms with van der Waals surface area (Å²) in [6, 6.07) is 14.5. The zero-order chi connectivity index (χ0) is 11.5. The van der Waals surface area contributed by atoms with Crippen LogP contribution in [0.1, 0.15) is 0 Å². The molecule has 0 aliphatic rings. The van der Waals surface area contributed by atoms with E-state index in [0.717, 1.165) is 11.1 Å². The molecular weight excluding hydrogens is 198 g/mol. The average Bonchev–Trinajstić information content (AvgIpc) is 2.29. The third kappa shape index (κ3) is 2.03. The van der Waals surface area contributed by atoms with Gasteiger partial charge in [0.25, 0.3) is 0 Å². The summed E-state index contributed by atoms with van der Waals surface area (Å²) in [6.45, 7) is 0. The third-order valence-corrected chi connectivity index (χ3v) is 2.49. The highest BCUT2D eigenvalue weighted by Crippen LogP contribution is 2.14. The largest absolute Gasteiger partial charge is 0.489 e. The highest BCUT2D eigenvalue weighted by atomic mass is 16.4. The molecule has 2 aromatic rings. The summed E-state index contributed by atoms with van der Waals surface area (Å²) in [5.41, 5.74) is 2.64. The van der Waals surface area contributed by atoms with Gasteiger partial charge in [0.05, 0.1) is 0 Å². The molecule has 0 amide bonds. The minimum Gasteiger partial charge on any atom is -0.423 e. The van der Waals surface area contributed by atoms with Gasteiger partial charge in [0.15, 0.2) is 0 Å². The Kier molecular flexibility index (Phi) is 3.13. The fourth-order valence-corrected chi connectivity index (χ4v) is 1.71. The summed E-state index contributed by atoms with van der Waals surface area (Å²) < 4.78 is 0. The van der Waals surface area contributed by atoms with E-state index in [-0.39, 0.29) is 0 Å². The van der Waals surface area contributed by atoms with Crippen LogP contribution < -0.4 is 10.9 Å². The molecule has 0 fully saturated rings. The first-order valence-electron chi connectivity index (χ1n) is 5.00. The smallest absolute Gasteiger partial charge is 0.423 e. The maximum absolute atomic E-state index is 9.27. The molecule has 0 saturated carbocycles. The molecule has 0 atom stereocenters. The molecule has 2 nitrogen and oxygen atoms in total. The van der Waals surface area contributed by atoms with Gasteiger partial charge in [-0.15, -0.1) is 0 Å². The topological polar surface area (TPSA) is 40.5 Å². The second kappa shape index (κ2) is 4.56. The molecule has 0 spiro atoms. The van der Waals surface area contributed by atoms with Gasteiger partial charge in [-0.1, -0.05) is 54.0 Å². The molecule has 2 rings (SSSR count). The number of hydrogen-bond acceptors (Lipinski definition) is 2.